The molecule has 0 saturated carbocycles. The maximum atomic E-state index is 11.8. The quantitative estimate of drug-likeness (QED) is 0.607. The fourth-order valence-electron chi connectivity index (χ4n) is 1.32. The van der Waals surface area contributed by atoms with Gasteiger partial charge in [0.1, 0.15) is 11.6 Å². The molecule has 3 nitrogen and oxygen atoms in total. The van der Waals surface area contributed by atoms with Gasteiger partial charge in [0.05, 0.1) is 6.61 Å². The highest BCUT2D eigenvalue weighted by atomic mass is 79.9. The van der Waals surface area contributed by atoms with E-state index in [2.05, 4.69) is 26.0 Å². The van der Waals surface area contributed by atoms with E-state index in [-0.39, 0.29) is 18.1 Å². The summed E-state index contributed by atoms with van der Waals surface area (Å²) < 4.78 is 40.8. The lowest BCUT2D eigenvalue weighted by atomic mass is 10.2. The van der Waals surface area contributed by atoms with E-state index in [1.165, 1.54) is 0 Å². The molecule has 0 aliphatic rings. The number of alkyl halides is 3. The third-order valence-electron chi connectivity index (χ3n) is 2.07. The average Bonchev–Trinajstić information content (AvgIpc) is 2.26. The molecule has 0 radical (unpaired) electrons. The second kappa shape index (κ2) is 7.06. The predicted octanol–water partition coefficient (Wildman–Crippen LogP) is 3.07. The van der Waals surface area contributed by atoms with Crippen LogP contribution in [0.4, 0.5) is 18.9 Å². The minimum absolute atomic E-state index is 0.0667. The van der Waals surface area contributed by atoms with Crippen molar-refractivity contribution in [3.8, 4) is 0 Å². The zero-order valence-electron chi connectivity index (χ0n) is 9.76. The minimum atomic E-state index is -4.31. The first-order valence-electron chi connectivity index (χ1n) is 5.27. The summed E-state index contributed by atoms with van der Waals surface area (Å²) in [6.45, 7) is -1.10. The van der Waals surface area contributed by atoms with Gasteiger partial charge in [-0.2, -0.15) is 13.2 Å². The molecule has 0 saturated heterocycles. The van der Waals surface area contributed by atoms with Crippen molar-refractivity contribution >= 4 is 38.8 Å². The fourth-order valence-corrected chi connectivity index (χ4v) is 1.86. The molecule has 0 heterocycles. The van der Waals surface area contributed by atoms with Crippen LogP contribution < -0.4 is 11.1 Å². The molecule has 0 spiro atoms. The first-order chi connectivity index (χ1) is 8.79. The van der Waals surface area contributed by atoms with Crippen LogP contribution in [0.1, 0.15) is 5.56 Å². The zero-order chi connectivity index (χ0) is 14.5. The van der Waals surface area contributed by atoms with Gasteiger partial charge in [-0.3, -0.25) is 0 Å². The maximum Gasteiger partial charge on any atom is 0.411 e. The van der Waals surface area contributed by atoms with Gasteiger partial charge in [-0.05, 0) is 18.2 Å². The summed E-state index contributed by atoms with van der Waals surface area (Å²) in [6.07, 6.45) is -4.31. The van der Waals surface area contributed by atoms with E-state index in [0.717, 1.165) is 4.47 Å². The molecule has 0 aromatic heterocycles. The van der Waals surface area contributed by atoms with Crippen molar-refractivity contribution < 1.29 is 17.9 Å². The Morgan fingerprint density at radius 1 is 1.42 bits per heavy atom. The molecule has 0 aliphatic heterocycles. The van der Waals surface area contributed by atoms with Gasteiger partial charge in [0.2, 0.25) is 0 Å². The summed E-state index contributed by atoms with van der Waals surface area (Å²) in [4.78, 5) is 0.214. The molecule has 3 N–H and O–H groups in total. The van der Waals surface area contributed by atoms with Gasteiger partial charge in [0.15, 0.2) is 0 Å². The zero-order valence-corrected chi connectivity index (χ0v) is 12.2. The normalized spacial score (nSPS) is 11.4. The first-order valence-corrected chi connectivity index (χ1v) is 6.47. The van der Waals surface area contributed by atoms with Crippen molar-refractivity contribution in [3.63, 3.8) is 0 Å². The molecular weight excluding hydrogens is 345 g/mol. The Morgan fingerprint density at radius 3 is 2.68 bits per heavy atom. The molecule has 0 amide bonds. The lowest BCUT2D eigenvalue weighted by Crippen LogP contribution is -2.21. The Balaban J connectivity index is 2.49. The molecule has 1 rings (SSSR count). The highest BCUT2D eigenvalue weighted by molar-refractivity contribution is 9.10. The molecule has 8 heteroatoms. The Labute approximate surface area is 122 Å². The second-order valence-electron chi connectivity index (χ2n) is 3.65. The van der Waals surface area contributed by atoms with E-state index in [9.17, 15) is 13.2 Å². The van der Waals surface area contributed by atoms with Crippen LogP contribution in [0.5, 0.6) is 0 Å². The topological polar surface area (TPSA) is 47.3 Å². The molecule has 0 fully saturated rings. The minimum Gasteiger partial charge on any atom is -0.389 e. The number of anilines is 1. The van der Waals surface area contributed by atoms with Gasteiger partial charge < -0.3 is 15.8 Å². The number of thiocarbonyl (C=S) groups is 1. The van der Waals surface area contributed by atoms with Crippen LogP contribution in [0, 0.1) is 0 Å². The van der Waals surface area contributed by atoms with E-state index in [1.807, 2.05) is 0 Å². The largest absolute Gasteiger partial charge is 0.411 e. The van der Waals surface area contributed by atoms with Crippen LogP contribution in [0.2, 0.25) is 0 Å². The Kier molecular flexibility index (Phi) is 6.02. The lowest BCUT2D eigenvalue weighted by molar-refractivity contribution is -0.172. The van der Waals surface area contributed by atoms with Crippen LogP contribution in [-0.2, 0) is 4.74 Å². The van der Waals surface area contributed by atoms with Gasteiger partial charge in [-0.25, -0.2) is 0 Å². The van der Waals surface area contributed by atoms with Gasteiger partial charge in [0, 0.05) is 22.3 Å². The smallest absolute Gasteiger partial charge is 0.389 e. The molecule has 0 unspecified atom stereocenters. The summed E-state index contributed by atoms with van der Waals surface area (Å²) in [5.74, 6) is 0. The fraction of sp³-hybridized carbons (Fsp3) is 0.364. The standard InChI is InChI=1S/C11H12BrF3N2OS/c12-7-1-2-8(10(16)19)9(5-7)17-3-4-18-6-11(13,14)15/h1-2,5,17H,3-4,6H2,(H2,16,19). The lowest BCUT2D eigenvalue weighted by Gasteiger charge is -2.12. The Hall–Kier alpha value is -0.860. The first kappa shape index (κ1) is 16.2. The Morgan fingerprint density at radius 2 is 2.11 bits per heavy atom. The molecule has 19 heavy (non-hydrogen) atoms. The van der Waals surface area contributed by atoms with Crippen molar-refractivity contribution in [2.24, 2.45) is 5.73 Å². The van der Waals surface area contributed by atoms with Crippen molar-refractivity contribution in [1.82, 2.24) is 0 Å². The van der Waals surface area contributed by atoms with E-state index in [4.69, 9.17) is 18.0 Å². The van der Waals surface area contributed by atoms with Crippen LogP contribution in [0.3, 0.4) is 0 Å². The summed E-state index contributed by atoms with van der Waals surface area (Å²) in [5.41, 5.74) is 6.83. The molecule has 0 bridgehead atoms. The van der Waals surface area contributed by atoms with Gasteiger partial charge in [-0.15, -0.1) is 0 Å². The summed E-state index contributed by atoms with van der Waals surface area (Å²) >= 11 is 8.18. The molecule has 1 aromatic rings. The SMILES string of the molecule is NC(=S)c1ccc(Br)cc1NCCOCC(F)(F)F. The number of benzene rings is 1. The third-order valence-corrected chi connectivity index (χ3v) is 2.79. The van der Waals surface area contributed by atoms with Crippen molar-refractivity contribution in [2.45, 2.75) is 6.18 Å². The summed E-state index contributed by atoms with van der Waals surface area (Å²) in [7, 11) is 0. The molecule has 106 valence electrons. The number of nitrogens with two attached hydrogens (primary N) is 1. The molecule has 1 aromatic carbocycles. The van der Waals surface area contributed by atoms with E-state index in [1.54, 1.807) is 18.2 Å². The molecule has 0 atom stereocenters. The summed E-state index contributed by atoms with van der Waals surface area (Å²) in [6, 6.07) is 5.25. The highest BCUT2D eigenvalue weighted by Crippen LogP contribution is 2.21. The monoisotopic (exact) mass is 356 g/mol. The number of halogens is 4. The number of hydrogen-bond acceptors (Lipinski definition) is 3. The second-order valence-corrected chi connectivity index (χ2v) is 5.00. The van der Waals surface area contributed by atoms with E-state index < -0.39 is 12.8 Å². The number of hydrogen-bond donors (Lipinski definition) is 2. The Bertz CT molecular complexity index is 454. The van der Waals surface area contributed by atoms with Crippen LogP contribution in [-0.4, -0.2) is 30.9 Å². The van der Waals surface area contributed by atoms with Crippen molar-refractivity contribution in [1.29, 1.82) is 0 Å². The average molecular weight is 357 g/mol. The van der Waals surface area contributed by atoms with Gasteiger partial charge in [-0.1, -0.05) is 28.1 Å². The van der Waals surface area contributed by atoms with Crippen molar-refractivity contribution in [3.05, 3.63) is 28.2 Å². The van der Waals surface area contributed by atoms with Crippen LogP contribution in [0.15, 0.2) is 22.7 Å². The van der Waals surface area contributed by atoms with Crippen LogP contribution in [0.25, 0.3) is 0 Å². The van der Waals surface area contributed by atoms with Crippen molar-refractivity contribution in [2.75, 3.05) is 25.1 Å². The maximum absolute atomic E-state index is 11.8. The number of rotatable bonds is 6. The highest BCUT2D eigenvalue weighted by Gasteiger charge is 2.27. The third kappa shape index (κ3) is 6.22. The predicted molar refractivity (Wildman–Crippen MR) is 75.4 cm³/mol. The van der Waals surface area contributed by atoms with Crippen LogP contribution >= 0.6 is 28.1 Å². The number of nitrogens with one attached hydrogen (secondary N) is 1. The molecular formula is C11H12BrF3N2OS. The van der Waals surface area contributed by atoms with Gasteiger partial charge >= 0.3 is 6.18 Å². The molecule has 0 aliphatic carbocycles. The summed E-state index contributed by atoms with van der Waals surface area (Å²) in [5, 5.41) is 2.93. The van der Waals surface area contributed by atoms with Gasteiger partial charge in [0.25, 0.3) is 0 Å². The number of ether oxygens (including phenoxy) is 1. The van der Waals surface area contributed by atoms with E-state index >= 15 is 0 Å². The van der Waals surface area contributed by atoms with E-state index in [0.29, 0.717) is 11.3 Å².